The second kappa shape index (κ2) is 7.65. The van der Waals surface area contributed by atoms with Crippen LogP contribution < -0.4 is 10.6 Å². The van der Waals surface area contributed by atoms with Crippen LogP contribution in [0.3, 0.4) is 0 Å². The number of imidazole rings is 1. The van der Waals surface area contributed by atoms with Crippen LogP contribution >= 0.6 is 0 Å². The van der Waals surface area contributed by atoms with Crippen molar-refractivity contribution < 1.29 is 14.0 Å². The SMILES string of the molecule is Cc1nc2ccccc2n1CCNC(=O)CCNC(=O)c1ccco1. The lowest BCUT2D eigenvalue weighted by Crippen LogP contribution is -2.32. The Bertz CT molecular complexity index is 868. The molecular weight excluding hydrogens is 320 g/mol. The van der Waals surface area contributed by atoms with Crippen LogP contribution in [0.25, 0.3) is 11.0 Å². The maximum Gasteiger partial charge on any atom is 0.286 e. The average molecular weight is 340 g/mol. The van der Waals surface area contributed by atoms with E-state index in [4.69, 9.17) is 4.42 Å². The van der Waals surface area contributed by atoms with Gasteiger partial charge in [0.05, 0.1) is 17.3 Å². The van der Waals surface area contributed by atoms with Gasteiger partial charge in [0, 0.05) is 26.1 Å². The second-order valence-electron chi connectivity index (χ2n) is 5.63. The smallest absolute Gasteiger partial charge is 0.286 e. The monoisotopic (exact) mass is 340 g/mol. The molecule has 0 saturated heterocycles. The fourth-order valence-corrected chi connectivity index (χ4v) is 2.66. The van der Waals surface area contributed by atoms with Gasteiger partial charge >= 0.3 is 0 Å². The zero-order chi connectivity index (χ0) is 17.6. The largest absolute Gasteiger partial charge is 0.459 e. The van der Waals surface area contributed by atoms with Gasteiger partial charge in [-0.3, -0.25) is 9.59 Å². The minimum Gasteiger partial charge on any atom is -0.459 e. The first-order valence-corrected chi connectivity index (χ1v) is 8.15. The number of carbonyl (C=O) groups excluding carboxylic acids is 2. The number of furan rings is 1. The van der Waals surface area contributed by atoms with Gasteiger partial charge in [-0.05, 0) is 31.2 Å². The summed E-state index contributed by atoms with van der Waals surface area (Å²) >= 11 is 0. The van der Waals surface area contributed by atoms with Crippen molar-refractivity contribution in [3.63, 3.8) is 0 Å². The summed E-state index contributed by atoms with van der Waals surface area (Å²) in [6.07, 6.45) is 1.65. The van der Waals surface area contributed by atoms with Crippen molar-refractivity contribution in [2.75, 3.05) is 13.1 Å². The van der Waals surface area contributed by atoms with Gasteiger partial charge in [-0.1, -0.05) is 12.1 Å². The van der Waals surface area contributed by atoms with E-state index in [1.165, 1.54) is 6.26 Å². The number of hydrogen-bond donors (Lipinski definition) is 2. The van der Waals surface area contributed by atoms with Gasteiger partial charge in [-0.15, -0.1) is 0 Å². The maximum absolute atomic E-state index is 11.9. The van der Waals surface area contributed by atoms with Crippen LogP contribution in [0.1, 0.15) is 22.8 Å². The highest BCUT2D eigenvalue weighted by molar-refractivity contribution is 5.91. The predicted molar refractivity (Wildman–Crippen MR) is 93.1 cm³/mol. The van der Waals surface area contributed by atoms with E-state index in [0.29, 0.717) is 13.1 Å². The van der Waals surface area contributed by atoms with Crippen LogP contribution in [0, 0.1) is 6.92 Å². The molecule has 3 rings (SSSR count). The Morgan fingerprint density at radius 3 is 2.76 bits per heavy atom. The number of rotatable bonds is 7. The number of aromatic nitrogens is 2. The fourth-order valence-electron chi connectivity index (χ4n) is 2.66. The number of benzene rings is 1. The standard InChI is InChI=1S/C18H20N4O3/c1-13-21-14-5-2-3-6-15(14)22(13)11-10-19-17(23)8-9-20-18(24)16-7-4-12-25-16/h2-7,12H,8-11H2,1H3,(H,19,23)(H,20,24). The summed E-state index contributed by atoms with van der Waals surface area (Å²) in [6, 6.07) is 11.1. The molecule has 3 aromatic rings. The highest BCUT2D eigenvalue weighted by Crippen LogP contribution is 2.14. The molecular formula is C18H20N4O3. The van der Waals surface area contributed by atoms with Crippen LogP contribution in [0.2, 0.25) is 0 Å². The summed E-state index contributed by atoms with van der Waals surface area (Å²) in [5, 5.41) is 5.50. The van der Waals surface area contributed by atoms with Crippen molar-refractivity contribution in [2.24, 2.45) is 0 Å². The van der Waals surface area contributed by atoms with Crippen LogP contribution in [0.4, 0.5) is 0 Å². The molecule has 0 aliphatic rings. The van der Waals surface area contributed by atoms with Gasteiger partial charge in [0.2, 0.25) is 5.91 Å². The topological polar surface area (TPSA) is 89.2 Å². The molecule has 0 saturated carbocycles. The third-order valence-electron chi connectivity index (χ3n) is 3.89. The number of nitrogens with one attached hydrogen (secondary N) is 2. The number of amides is 2. The Hall–Kier alpha value is -3.09. The first-order valence-electron chi connectivity index (χ1n) is 8.15. The molecule has 2 N–H and O–H groups in total. The molecule has 25 heavy (non-hydrogen) atoms. The van der Waals surface area contributed by atoms with Crippen LogP contribution in [0.5, 0.6) is 0 Å². The maximum atomic E-state index is 11.9. The first kappa shape index (κ1) is 16.8. The summed E-state index contributed by atoms with van der Waals surface area (Å²) in [6.45, 7) is 3.37. The quantitative estimate of drug-likeness (QED) is 0.687. The van der Waals surface area contributed by atoms with Crippen molar-refractivity contribution in [3.8, 4) is 0 Å². The van der Waals surface area contributed by atoms with Crippen LogP contribution in [0.15, 0.2) is 47.1 Å². The summed E-state index contributed by atoms with van der Waals surface area (Å²) in [7, 11) is 0. The number of hydrogen-bond acceptors (Lipinski definition) is 4. The summed E-state index contributed by atoms with van der Waals surface area (Å²) in [5.41, 5.74) is 2.01. The van der Waals surface area contributed by atoms with Crippen LogP contribution in [-0.2, 0) is 11.3 Å². The highest BCUT2D eigenvalue weighted by atomic mass is 16.3. The third kappa shape index (κ3) is 4.06. The molecule has 0 bridgehead atoms. The number of nitrogens with zero attached hydrogens (tertiary/aromatic N) is 2. The molecule has 130 valence electrons. The summed E-state index contributed by atoms with van der Waals surface area (Å²) in [5.74, 6) is 0.726. The molecule has 0 aliphatic heterocycles. The second-order valence-corrected chi connectivity index (χ2v) is 5.63. The third-order valence-corrected chi connectivity index (χ3v) is 3.89. The van der Waals surface area contributed by atoms with Gasteiger partial charge in [0.15, 0.2) is 5.76 Å². The van der Waals surface area contributed by atoms with E-state index in [0.717, 1.165) is 16.9 Å². The van der Waals surface area contributed by atoms with Crippen molar-refractivity contribution in [2.45, 2.75) is 19.9 Å². The summed E-state index contributed by atoms with van der Waals surface area (Å²) in [4.78, 5) is 28.0. The normalized spacial score (nSPS) is 10.8. The van der Waals surface area contributed by atoms with Crippen molar-refractivity contribution >= 4 is 22.8 Å². The molecule has 2 aromatic heterocycles. The zero-order valence-corrected chi connectivity index (χ0v) is 14.0. The minimum atomic E-state index is -0.321. The van der Waals surface area contributed by atoms with Gasteiger partial charge in [0.25, 0.3) is 5.91 Å². The molecule has 7 heteroatoms. The molecule has 0 unspecified atom stereocenters. The van der Waals surface area contributed by atoms with Gasteiger partial charge in [-0.25, -0.2) is 4.98 Å². The molecule has 0 atom stereocenters. The predicted octanol–water partition coefficient (Wildman–Crippen LogP) is 1.87. The van der Waals surface area contributed by atoms with Gasteiger partial charge in [0.1, 0.15) is 5.82 Å². The number of aryl methyl sites for hydroxylation is 1. The van der Waals surface area contributed by atoms with Crippen molar-refractivity contribution in [1.29, 1.82) is 0 Å². The van der Waals surface area contributed by atoms with Gasteiger partial charge < -0.3 is 19.6 Å². The Morgan fingerprint density at radius 2 is 1.96 bits per heavy atom. The van der Waals surface area contributed by atoms with E-state index in [1.54, 1.807) is 12.1 Å². The zero-order valence-electron chi connectivity index (χ0n) is 14.0. The number of carbonyl (C=O) groups is 2. The minimum absolute atomic E-state index is 0.109. The van der Waals surface area contributed by atoms with E-state index in [1.807, 2.05) is 31.2 Å². The molecule has 0 aliphatic carbocycles. The Balaban J connectivity index is 1.42. The molecule has 0 spiro atoms. The van der Waals surface area contributed by atoms with Crippen molar-refractivity contribution in [3.05, 3.63) is 54.2 Å². The van der Waals surface area contributed by atoms with E-state index in [2.05, 4.69) is 20.2 Å². The Kier molecular flexibility index (Phi) is 5.13. The molecule has 1 aromatic carbocycles. The molecule has 0 fully saturated rings. The molecule has 2 heterocycles. The van der Waals surface area contributed by atoms with Crippen molar-refractivity contribution in [1.82, 2.24) is 20.2 Å². The first-order chi connectivity index (χ1) is 12.1. The summed E-state index contributed by atoms with van der Waals surface area (Å²) < 4.78 is 7.06. The highest BCUT2D eigenvalue weighted by Gasteiger charge is 2.09. The van der Waals surface area contributed by atoms with E-state index < -0.39 is 0 Å². The fraction of sp³-hybridized carbons (Fsp3) is 0.278. The average Bonchev–Trinajstić information content (AvgIpc) is 3.23. The Labute approximate surface area is 145 Å². The van der Waals surface area contributed by atoms with Gasteiger partial charge in [-0.2, -0.15) is 0 Å². The van der Waals surface area contributed by atoms with E-state index in [-0.39, 0.29) is 30.5 Å². The molecule has 7 nitrogen and oxygen atoms in total. The molecule has 0 radical (unpaired) electrons. The lowest BCUT2D eigenvalue weighted by molar-refractivity contribution is -0.120. The molecule has 2 amide bonds. The lowest BCUT2D eigenvalue weighted by Gasteiger charge is -2.09. The van der Waals surface area contributed by atoms with Crippen LogP contribution in [-0.4, -0.2) is 34.5 Å². The number of fused-ring (bicyclic) bond motifs is 1. The number of para-hydroxylation sites is 2. The Morgan fingerprint density at radius 1 is 1.12 bits per heavy atom. The lowest BCUT2D eigenvalue weighted by atomic mass is 10.3. The van der Waals surface area contributed by atoms with E-state index >= 15 is 0 Å². The van der Waals surface area contributed by atoms with E-state index in [9.17, 15) is 9.59 Å².